The van der Waals surface area contributed by atoms with Crippen LogP contribution in [0.4, 0.5) is 0 Å². The smallest absolute Gasteiger partial charge is 0.133 e. The number of carbonyl (C=O) groups excluding carboxylic acids is 1. The van der Waals surface area contributed by atoms with Crippen LogP contribution in [0, 0.1) is 12.3 Å². The number of hydrogen-bond donors (Lipinski definition) is 0. The Labute approximate surface area is 62.8 Å². The molecule has 1 rings (SSSR count). The molecule has 0 N–H and O–H groups in total. The van der Waals surface area contributed by atoms with Crippen LogP contribution in [0.3, 0.4) is 0 Å². The zero-order valence-electron chi connectivity index (χ0n) is 6.60. The Hall–Kier alpha value is -0.330. The second-order valence-electron chi connectivity index (χ2n) is 3.18. The lowest BCUT2D eigenvalue weighted by molar-refractivity contribution is -0.114. The molecular formula is C9H15O. The first-order valence-electron chi connectivity index (χ1n) is 4.14. The van der Waals surface area contributed by atoms with Crippen molar-refractivity contribution in [3.05, 3.63) is 6.42 Å². The Balaban J connectivity index is 2.19. The molecule has 0 aromatic rings. The minimum Gasteiger partial charge on any atom is -0.300 e. The van der Waals surface area contributed by atoms with Gasteiger partial charge >= 0.3 is 0 Å². The summed E-state index contributed by atoms with van der Waals surface area (Å²) in [5, 5.41) is 0. The Morgan fingerprint density at radius 3 is 2.40 bits per heavy atom. The maximum atomic E-state index is 10.7. The molecule has 0 aliphatic heterocycles. The molecule has 1 nitrogen and oxygen atoms in total. The Morgan fingerprint density at radius 2 is 1.90 bits per heavy atom. The van der Waals surface area contributed by atoms with Crippen LogP contribution in [0.25, 0.3) is 0 Å². The molecule has 0 atom stereocenters. The molecule has 10 heavy (non-hydrogen) atoms. The molecule has 0 spiro atoms. The second-order valence-corrected chi connectivity index (χ2v) is 3.18. The summed E-state index contributed by atoms with van der Waals surface area (Å²) in [6.45, 7) is 1.65. The first-order chi connectivity index (χ1) is 4.79. The van der Waals surface area contributed by atoms with Crippen LogP contribution >= 0.6 is 0 Å². The average molecular weight is 139 g/mol. The van der Waals surface area contributed by atoms with Crippen molar-refractivity contribution < 1.29 is 4.79 Å². The third-order valence-electron chi connectivity index (χ3n) is 2.12. The second kappa shape index (κ2) is 3.75. The van der Waals surface area contributed by atoms with E-state index >= 15 is 0 Å². The van der Waals surface area contributed by atoms with E-state index in [-0.39, 0.29) is 5.78 Å². The maximum absolute atomic E-state index is 10.7. The Morgan fingerprint density at radius 1 is 1.30 bits per heavy atom. The van der Waals surface area contributed by atoms with Gasteiger partial charge in [0.05, 0.1) is 0 Å². The highest BCUT2D eigenvalue weighted by Gasteiger charge is 2.14. The van der Waals surface area contributed by atoms with Crippen molar-refractivity contribution in [2.45, 2.75) is 39.0 Å². The van der Waals surface area contributed by atoms with Gasteiger partial charge in [-0.3, -0.25) is 4.79 Å². The van der Waals surface area contributed by atoms with Crippen LogP contribution in [0.5, 0.6) is 0 Å². The lowest BCUT2D eigenvalue weighted by atomic mass is 9.86. The molecule has 0 aromatic carbocycles. The highest BCUT2D eigenvalue weighted by molar-refractivity contribution is 5.84. The Bertz CT molecular complexity index is 112. The summed E-state index contributed by atoms with van der Waals surface area (Å²) in [7, 11) is 0. The summed E-state index contributed by atoms with van der Waals surface area (Å²) in [6, 6.07) is 0. The van der Waals surface area contributed by atoms with Crippen LogP contribution in [0.2, 0.25) is 0 Å². The van der Waals surface area contributed by atoms with Gasteiger partial charge < -0.3 is 0 Å². The number of Topliss-reactive ketones (excluding diaryl/α,β-unsaturated/α-hetero) is 1. The molecule has 1 fully saturated rings. The van der Waals surface area contributed by atoms with Crippen molar-refractivity contribution in [2.24, 2.45) is 5.92 Å². The average Bonchev–Trinajstić information content (AvgIpc) is 1.88. The van der Waals surface area contributed by atoms with Crippen LogP contribution < -0.4 is 0 Å². The van der Waals surface area contributed by atoms with E-state index in [1.54, 1.807) is 6.92 Å². The molecule has 1 aliphatic rings. The van der Waals surface area contributed by atoms with E-state index in [0.717, 1.165) is 0 Å². The largest absolute Gasteiger partial charge is 0.300 e. The molecule has 1 aliphatic carbocycles. The van der Waals surface area contributed by atoms with Crippen LogP contribution in [0.15, 0.2) is 0 Å². The molecule has 0 amide bonds. The summed E-state index contributed by atoms with van der Waals surface area (Å²) in [5.41, 5.74) is 0. The van der Waals surface area contributed by atoms with Crippen molar-refractivity contribution in [1.82, 2.24) is 0 Å². The summed E-state index contributed by atoms with van der Waals surface area (Å²) in [6.07, 6.45) is 8.35. The molecule has 0 heterocycles. The molecule has 1 radical (unpaired) electrons. The predicted octanol–water partition coefficient (Wildman–Crippen LogP) is 2.36. The van der Waals surface area contributed by atoms with Crippen molar-refractivity contribution in [1.29, 1.82) is 0 Å². The van der Waals surface area contributed by atoms with E-state index in [1.807, 2.05) is 6.42 Å². The summed E-state index contributed by atoms with van der Waals surface area (Å²) < 4.78 is 0. The fourth-order valence-electron chi connectivity index (χ4n) is 1.63. The SMILES string of the molecule is CC(=O)[CH]C1CCCCC1. The summed E-state index contributed by atoms with van der Waals surface area (Å²) in [5.74, 6) is 0.846. The maximum Gasteiger partial charge on any atom is 0.133 e. The first-order valence-corrected chi connectivity index (χ1v) is 4.14. The van der Waals surface area contributed by atoms with E-state index < -0.39 is 0 Å². The van der Waals surface area contributed by atoms with Gasteiger partial charge in [-0.2, -0.15) is 0 Å². The van der Waals surface area contributed by atoms with Gasteiger partial charge in [-0.1, -0.05) is 19.3 Å². The standard InChI is InChI=1S/C9H15O/c1-8(10)7-9-5-3-2-4-6-9/h7,9H,2-6H2,1H3. The number of carbonyl (C=O) groups is 1. The van der Waals surface area contributed by atoms with Gasteiger partial charge in [-0.05, 0) is 25.7 Å². The molecule has 0 aromatic heterocycles. The minimum atomic E-state index is 0.243. The van der Waals surface area contributed by atoms with Gasteiger partial charge in [0.2, 0.25) is 0 Å². The quantitative estimate of drug-likeness (QED) is 0.574. The molecular weight excluding hydrogens is 124 g/mol. The van der Waals surface area contributed by atoms with Crippen molar-refractivity contribution in [3.8, 4) is 0 Å². The van der Waals surface area contributed by atoms with Crippen LogP contribution in [0.1, 0.15) is 39.0 Å². The highest BCUT2D eigenvalue weighted by Crippen LogP contribution is 2.25. The van der Waals surface area contributed by atoms with Crippen molar-refractivity contribution >= 4 is 5.78 Å². The lowest BCUT2D eigenvalue weighted by Crippen LogP contribution is -2.10. The lowest BCUT2D eigenvalue weighted by Gasteiger charge is -2.19. The van der Waals surface area contributed by atoms with E-state index in [0.29, 0.717) is 5.92 Å². The highest BCUT2D eigenvalue weighted by atomic mass is 16.1. The van der Waals surface area contributed by atoms with E-state index in [1.165, 1.54) is 32.1 Å². The van der Waals surface area contributed by atoms with Gasteiger partial charge in [0.15, 0.2) is 0 Å². The van der Waals surface area contributed by atoms with Crippen LogP contribution in [-0.2, 0) is 4.79 Å². The number of ketones is 1. The summed E-state index contributed by atoms with van der Waals surface area (Å²) >= 11 is 0. The molecule has 1 heteroatoms. The van der Waals surface area contributed by atoms with Crippen molar-refractivity contribution in [2.75, 3.05) is 0 Å². The zero-order chi connectivity index (χ0) is 7.40. The fraction of sp³-hybridized carbons (Fsp3) is 0.778. The van der Waals surface area contributed by atoms with E-state index in [9.17, 15) is 4.79 Å². The Kier molecular flexibility index (Phi) is 2.91. The van der Waals surface area contributed by atoms with E-state index in [4.69, 9.17) is 0 Å². The molecule has 1 saturated carbocycles. The van der Waals surface area contributed by atoms with Crippen molar-refractivity contribution in [3.63, 3.8) is 0 Å². The molecule has 57 valence electrons. The van der Waals surface area contributed by atoms with Gasteiger partial charge in [0.25, 0.3) is 0 Å². The predicted molar refractivity (Wildman–Crippen MR) is 41.6 cm³/mol. The van der Waals surface area contributed by atoms with Gasteiger partial charge in [0, 0.05) is 6.42 Å². The monoisotopic (exact) mass is 139 g/mol. The van der Waals surface area contributed by atoms with Crippen LogP contribution in [-0.4, -0.2) is 5.78 Å². The number of rotatable bonds is 2. The summed E-state index contributed by atoms with van der Waals surface area (Å²) in [4.78, 5) is 10.7. The topological polar surface area (TPSA) is 17.1 Å². The number of hydrogen-bond acceptors (Lipinski definition) is 1. The third-order valence-corrected chi connectivity index (χ3v) is 2.12. The van der Waals surface area contributed by atoms with E-state index in [2.05, 4.69) is 0 Å². The molecule has 0 saturated heterocycles. The van der Waals surface area contributed by atoms with Gasteiger partial charge in [-0.15, -0.1) is 0 Å². The zero-order valence-corrected chi connectivity index (χ0v) is 6.60. The minimum absolute atomic E-state index is 0.243. The first kappa shape index (κ1) is 7.77. The van der Waals surface area contributed by atoms with Gasteiger partial charge in [0.1, 0.15) is 5.78 Å². The molecule has 0 unspecified atom stereocenters. The third kappa shape index (κ3) is 2.51. The fourth-order valence-corrected chi connectivity index (χ4v) is 1.63. The normalized spacial score (nSPS) is 20.9. The van der Waals surface area contributed by atoms with Gasteiger partial charge in [-0.25, -0.2) is 0 Å². The molecule has 0 bridgehead atoms.